The maximum atomic E-state index is 6.22. The highest BCUT2D eigenvalue weighted by atomic mass is 35.5. The zero-order valence-electron chi connectivity index (χ0n) is 14.7. The first-order chi connectivity index (χ1) is 13.0. The third kappa shape index (κ3) is 3.51. The molecule has 2 aromatic carbocycles. The maximum Gasteiger partial charge on any atom is 0.248 e. The number of hydrogen-bond donors (Lipinski definition) is 2. The van der Waals surface area contributed by atoms with Crippen molar-refractivity contribution in [3.63, 3.8) is 0 Å². The molecule has 2 aromatic heterocycles. The van der Waals surface area contributed by atoms with Crippen molar-refractivity contribution in [3.8, 4) is 11.6 Å². The summed E-state index contributed by atoms with van der Waals surface area (Å²) in [6.45, 7) is 3.84. The van der Waals surface area contributed by atoms with Crippen LogP contribution in [0, 0.1) is 13.8 Å². The molecule has 27 heavy (non-hydrogen) atoms. The molecule has 3 N–H and O–H groups in total. The summed E-state index contributed by atoms with van der Waals surface area (Å²) in [5.41, 5.74) is 9.29. The van der Waals surface area contributed by atoms with Crippen molar-refractivity contribution in [2.24, 2.45) is 0 Å². The minimum atomic E-state index is 0.273. The molecule has 0 unspecified atom stereocenters. The molecule has 4 rings (SSSR count). The molecule has 0 aliphatic heterocycles. The SMILES string of the molecule is Cc1cc(Oc2ncnc(Nc3nc4ccccc4s3)c2N)cc(C)c1Cl. The van der Waals surface area contributed by atoms with Gasteiger partial charge in [-0.2, -0.15) is 4.98 Å². The number of halogens is 1. The highest BCUT2D eigenvalue weighted by Crippen LogP contribution is 2.35. The molecule has 0 aliphatic rings. The summed E-state index contributed by atoms with van der Waals surface area (Å²) in [5.74, 6) is 1.34. The van der Waals surface area contributed by atoms with E-state index in [1.807, 2.05) is 50.2 Å². The summed E-state index contributed by atoms with van der Waals surface area (Å²) in [5, 5.41) is 4.57. The average Bonchev–Trinajstić information content (AvgIpc) is 3.05. The van der Waals surface area contributed by atoms with Crippen molar-refractivity contribution in [1.82, 2.24) is 15.0 Å². The average molecular weight is 398 g/mol. The normalized spacial score (nSPS) is 10.9. The standard InChI is InChI=1S/C19H16ClN5OS/c1-10-7-12(8-11(2)15(10)20)26-18-16(21)17(22-9-23-18)25-19-24-13-5-3-4-6-14(13)27-19/h3-9H,21H2,1-2H3,(H,22,23,24,25). The number of nitrogens with zero attached hydrogens (tertiary/aromatic N) is 3. The number of anilines is 3. The molecule has 0 atom stereocenters. The van der Waals surface area contributed by atoms with Gasteiger partial charge in [-0.3, -0.25) is 0 Å². The molecular formula is C19H16ClN5OS. The molecule has 8 heteroatoms. The van der Waals surface area contributed by atoms with E-state index >= 15 is 0 Å². The van der Waals surface area contributed by atoms with Crippen LogP contribution >= 0.6 is 22.9 Å². The number of nitrogens with two attached hydrogens (primary N) is 1. The van der Waals surface area contributed by atoms with Gasteiger partial charge in [0.15, 0.2) is 10.9 Å². The zero-order valence-corrected chi connectivity index (χ0v) is 16.2. The van der Waals surface area contributed by atoms with E-state index in [-0.39, 0.29) is 5.88 Å². The summed E-state index contributed by atoms with van der Waals surface area (Å²) < 4.78 is 6.95. The molecule has 0 spiro atoms. The third-order valence-electron chi connectivity index (χ3n) is 3.99. The first-order valence-electron chi connectivity index (χ1n) is 8.19. The number of hydrogen-bond acceptors (Lipinski definition) is 7. The number of fused-ring (bicyclic) bond motifs is 1. The third-order valence-corrected chi connectivity index (χ3v) is 5.54. The Bertz CT molecular complexity index is 1090. The lowest BCUT2D eigenvalue weighted by Gasteiger charge is -2.12. The maximum absolute atomic E-state index is 6.22. The number of nitrogens with one attached hydrogen (secondary N) is 1. The minimum Gasteiger partial charge on any atom is -0.437 e. The Labute approximate surface area is 165 Å². The lowest BCUT2D eigenvalue weighted by molar-refractivity contribution is 0.464. The van der Waals surface area contributed by atoms with Crippen LogP contribution in [-0.4, -0.2) is 15.0 Å². The van der Waals surface area contributed by atoms with Crippen LogP contribution in [0.5, 0.6) is 11.6 Å². The Morgan fingerprint density at radius 2 is 1.85 bits per heavy atom. The van der Waals surface area contributed by atoms with Crippen molar-refractivity contribution < 1.29 is 4.74 Å². The second-order valence-corrected chi connectivity index (χ2v) is 7.43. The van der Waals surface area contributed by atoms with Crippen molar-refractivity contribution in [2.75, 3.05) is 11.1 Å². The van der Waals surface area contributed by atoms with Gasteiger partial charge in [0, 0.05) is 5.02 Å². The molecule has 0 amide bonds. The molecule has 0 saturated heterocycles. The van der Waals surface area contributed by atoms with Crippen molar-refractivity contribution in [1.29, 1.82) is 0 Å². The van der Waals surface area contributed by atoms with Crippen LogP contribution < -0.4 is 15.8 Å². The van der Waals surface area contributed by atoms with E-state index < -0.39 is 0 Å². The van der Waals surface area contributed by atoms with E-state index in [0.717, 1.165) is 26.4 Å². The molecule has 0 fully saturated rings. The number of ether oxygens (including phenoxy) is 1. The monoisotopic (exact) mass is 397 g/mol. The molecular weight excluding hydrogens is 382 g/mol. The highest BCUT2D eigenvalue weighted by Gasteiger charge is 2.13. The summed E-state index contributed by atoms with van der Waals surface area (Å²) in [6.07, 6.45) is 1.40. The number of nitrogen functional groups attached to an aromatic ring is 1. The van der Waals surface area contributed by atoms with Gasteiger partial charge in [-0.1, -0.05) is 35.1 Å². The van der Waals surface area contributed by atoms with Crippen LogP contribution in [0.1, 0.15) is 11.1 Å². The van der Waals surface area contributed by atoms with E-state index in [1.54, 1.807) is 0 Å². The highest BCUT2D eigenvalue weighted by molar-refractivity contribution is 7.22. The van der Waals surface area contributed by atoms with E-state index in [2.05, 4.69) is 20.3 Å². The fourth-order valence-electron chi connectivity index (χ4n) is 2.66. The van der Waals surface area contributed by atoms with Crippen molar-refractivity contribution in [2.45, 2.75) is 13.8 Å². The zero-order chi connectivity index (χ0) is 19.0. The molecule has 0 saturated carbocycles. The Balaban J connectivity index is 1.62. The first kappa shape index (κ1) is 17.5. The lowest BCUT2D eigenvalue weighted by Crippen LogP contribution is -2.03. The predicted octanol–water partition coefficient (Wildman–Crippen LogP) is 5.47. The number of rotatable bonds is 4. The van der Waals surface area contributed by atoms with Gasteiger partial charge >= 0.3 is 0 Å². The predicted molar refractivity (Wildman–Crippen MR) is 110 cm³/mol. The Hall–Kier alpha value is -2.90. The number of thiazole rings is 1. The Morgan fingerprint density at radius 1 is 1.11 bits per heavy atom. The van der Waals surface area contributed by atoms with Crippen LogP contribution in [0.4, 0.5) is 16.6 Å². The molecule has 0 radical (unpaired) electrons. The molecule has 6 nitrogen and oxygen atoms in total. The smallest absolute Gasteiger partial charge is 0.248 e. The van der Waals surface area contributed by atoms with Crippen LogP contribution in [0.2, 0.25) is 5.02 Å². The lowest BCUT2D eigenvalue weighted by atomic mass is 10.1. The van der Waals surface area contributed by atoms with Gasteiger partial charge in [0.1, 0.15) is 17.8 Å². The van der Waals surface area contributed by atoms with E-state index in [9.17, 15) is 0 Å². The summed E-state index contributed by atoms with van der Waals surface area (Å²) >= 11 is 7.73. The number of benzene rings is 2. The Morgan fingerprint density at radius 3 is 2.59 bits per heavy atom. The second kappa shape index (κ2) is 7.02. The summed E-state index contributed by atoms with van der Waals surface area (Å²) in [4.78, 5) is 12.9. The van der Waals surface area contributed by atoms with Crippen LogP contribution in [0.25, 0.3) is 10.2 Å². The van der Waals surface area contributed by atoms with Crippen LogP contribution in [0.3, 0.4) is 0 Å². The fourth-order valence-corrected chi connectivity index (χ4v) is 3.64. The molecule has 0 bridgehead atoms. The van der Waals surface area contributed by atoms with E-state index in [0.29, 0.717) is 22.4 Å². The molecule has 4 aromatic rings. The van der Waals surface area contributed by atoms with E-state index in [4.69, 9.17) is 22.1 Å². The summed E-state index contributed by atoms with van der Waals surface area (Å²) in [6, 6.07) is 11.6. The van der Waals surface area contributed by atoms with Gasteiger partial charge in [-0.05, 0) is 49.2 Å². The van der Waals surface area contributed by atoms with Gasteiger partial charge in [-0.15, -0.1) is 0 Å². The van der Waals surface area contributed by atoms with Crippen molar-refractivity contribution in [3.05, 3.63) is 58.9 Å². The Kier molecular flexibility index (Phi) is 4.55. The topological polar surface area (TPSA) is 86.0 Å². The second-order valence-electron chi connectivity index (χ2n) is 6.03. The number of aryl methyl sites for hydroxylation is 2. The van der Waals surface area contributed by atoms with Gasteiger partial charge < -0.3 is 15.8 Å². The van der Waals surface area contributed by atoms with Gasteiger partial charge in [0.05, 0.1) is 10.2 Å². The molecule has 0 aliphatic carbocycles. The summed E-state index contributed by atoms with van der Waals surface area (Å²) in [7, 11) is 0. The number of aromatic nitrogens is 3. The number of para-hydroxylation sites is 1. The van der Waals surface area contributed by atoms with Crippen LogP contribution in [-0.2, 0) is 0 Å². The van der Waals surface area contributed by atoms with Gasteiger partial charge in [-0.25, -0.2) is 9.97 Å². The first-order valence-corrected chi connectivity index (χ1v) is 9.38. The van der Waals surface area contributed by atoms with Gasteiger partial charge in [0.25, 0.3) is 0 Å². The fraction of sp³-hybridized carbons (Fsp3) is 0.105. The van der Waals surface area contributed by atoms with Gasteiger partial charge in [0.2, 0.25) is 5.88 Å². The molecule has 136 valence electrons. The minimum absolute atomic E-state index is 0.273. The molecule has 2 heterocycles. The largest absolute Gasteiger partial charge is 0.437 e. The van der Waals surface area contributed by atoms with Crippen LogP contribution in [0.15, 0.2) is 42.7 Å². The van der Waals surface area contributed by atoms with E-state index in [1.165, 1.54) is 17.7 Å². The van der Waals surface area contributed by atoms with Crippen molar-refractivity contribution >= 4 is 49.8 Å². The quantitative estimate of drug-likeness (QED) is 0.474.